The van der Waals surface area contributed by atoms with Crippen molar-refractivity contribution in [3.05, 3.63) is 162 Å². The van der Waals surface area contributed by atoms with Gasteiger partial charge in [-0.2, -0.15) is 0 Å². The summed E-state index contributed by atoms with van der Waals surface area (Å²) in [6, 6.07) is 48.8. The lowest BCUT2D eigenvalue weighted by Crippen LogP contribution is -2.67. The topological polar surface area (TPSA) is 21.6 Å². The van der Waals surface area contributed by atoms with Crippen LogP contribution in [0.1, 0.15) is 22.3 Å². The minimum Gasteiger partial charge on any atom is -0.461 e. The highest BCUT2D eigenvalue weighted by Crippen LogP contribution is 2.67. The molecule has 7 rings (SSSR count). The fourth-order valence-electron chi connectivity index (χ4n) is 6.03. The zero-order chi connectivity index (χ0) is 23.3. The third-order valence-electron chi connectivity index (χ3n) is 7.40. The van der Waals surface area contributed by atoms with Gasteiger partial charge in [0.2, 0.25) is 5.90 Å². The fraction of sp³-hybridized carbons (Fsp3) is 0.0606. The molecule has 5 aromatic rings. The molecule has 0 saturated carbocycles. The number of para-hydroxylation sites is 1. The Morgan fingerprint density at radius 3 is 1.40 bits per heavy atom. The van der Waals surface area contributed by atoms with Crippen molar-refractivity contribution in [1.82, 2.24) is 0 Å². The van der Waals surface area contributed by atoms with Gasteiger partial charge in [0, 0.05) is 11.1 Å². The summed E-state index contributed by atoms with van der Waals surface area (Å²) < 4.78 is 7.02. The van der Waals surface area contributed by atoms with Gasteiger partial charge >= 0.3 is 0 Å². The average molecular weight is 450 g/mol. The van der Waals surface area contributed by atoms with Gasteiger partial charge in [-0.1, -0.05) is 127 Å². The monoisotopic (exact) mass is 449 g/mol. The Morgan fingerprint density at radius 2 is 0.886 bits per heavy atom. The molecule has 0 aromatic heterocycles. The molecule has 1 fully saturated rings. The molecule has 0 atom stereocenters. The summed E-state index contributed by atoms with van der Waals surface area (Å²) in [6.45, 7) is 0. The van der Waals surface area contributed by atoms with E-state index in [1.54, 1.807) is 0 Å². The predicted octanol–water partition coefficient (Wildman–Crippen LogP) is 7.66. The largest absolute Gasteiger partial charge is 0.461 e. The van der Waals surface area contributed by atoms with E-state index in [4.69, 9.17) is 9.73 Å². The Hall–Kier alpha value is -4.43. The van der Waals surface area contributed by atoms with Gasteiger partial charge in [-0.3, -0.25) is 0 Å². The van der Waals surface area contributed by atoms with Crippen molar-refractivity contribution >= 4 is 11.6 Å². The SMILES string of the molecule is c1ccc(N=C2OC3(c4ccccc4-c4ccccc43)C2(c2ccccc2)c2ccccc2)cc1. The molecule has 5 aromatic carbocycles. The first-order valence-electron chi connectivity index (χ1n) is 12.0. The Balaban J connectivity index is 1.63. The van der Waals surface area contributed by atoms with Crippen molar-refractivity contribution in [3.8, 4) is 11.1 Å². The number of aliphatic imine (C=N–C) groups is 1. The summed E-state index contributed by atoms with van der Waals surface area (Å²) in [4.78, 5) is 5.13. The highest BCUT2D eigenvalue weighted by molar-refractivity contribution is 6.05. The highest BCUT2D eigenvalue weighted by atomic mass is 16.5. The second-order valence-corrected chi connectivity index (χ2v) is 9.11. The Morgan fingerprint density at radius 1 is 0.457 bits per heavy atom. The molecule has 1 saturated heterocycles. The smallest absolute Gasteiger partial charge is 0.210 e. The zero-order valence-electron chi connectivity index (χ0n) is 19.1. The average Bonchev–Trinajstić information content (AvgIpc) is 3.23. The maximum absolute atomic E-state index is 7.02. The van der Waals surface area contributed by atoms with E-state index in [0.717, 1.165) is 5.69 Å². The summed E-state index contributed by atoms with van der Waals surface area (Å²) in [5.41, 5.74) is 6.66. The van der Waals surface area contributed by atoms with E-state index in [1.807, 2.05) is 30.3 Å². The molecule has 1 aliphatic heterocycles. The van der Waals surface area contributed by atoms with Gasteiger partial charge < -0.3 is 4.74 Å². The molecule has 0 unspecified atom stereocenters. The van der Waals surface area contributed by atoms with Crippen LogP contribution in [0.15, 0.2) is 145 Å². The second-order valence-electron chi connectivity index (χ2n) is 9.11. The lowest BCUT2D eigenvalue weighted by molar-refractivity contribution is -0.0310. The van der Waals surface area contributed by atoms with E-state index in [9.17, 15) is 0 Å². The third kappa shape index (κ3) is 2.57. The van der Waals surface area contributed by atoms with Gasteiger partial charge in [-0.15, -0.1) is 0 Å². The van der Waals surface area contributed by atoms with Crippen molar-refractivity contribution in [2.24, 2.45) is 4.99 Å². The Labute approximate surface area is 205 Å². The first kappa shape index (κ1) is 20.0. The van der Waals surface area contributed by atoms with Crippen molar-refractivity contribution in [3.63, 3.8) is 0 Å². The summed E-state index contributed by atoms with van der Waals surface area (Å²) in [7, 11) is 0. The van der Waals surface area contributed by atoms with Crippen LogP contribution in [-0.4, -0.2) is 5.90 Å². The minimum atomic E-state index is -0.726. The van der Waals surface area contributed by atoms with Crippen molar-refractivity contribution < 1.29 is 4.74 Å². The molecular weight excluding hydrogens is 426 g/mol. The van der Waals surface area contributed by atoms with Crippen LogP contribution in [0.5, 0.6) is 0 Å². The van der Waals surface area contributed by atoms with Crippen LogP contribution in [-0.2, 0) is 15.8 Å². The summed E-state index contributed by atoms with van der Waals surface area (Å²) >= 11 is 0. The first-order valence-corrected chi connectivity index (χ1v) is 12.0. The number of benzene rings is 5. The number of hydrogen-bond donors (Lipinski definition) is 0. The minimum absolute atomic E-state index is 0.631. The molecule has 1 aliphatic carbocycles. The third-order valence-corrected chi connectivity index (χ3v) is 7.40. The quantitative estimate of drug-likeness (QED) is 0.277. The van der Waals surface area contributed by atoms with E-state index in [0.29, 0.717) is 5.90 Å². The van der Waals surface area contributed by atoms with Crippen molar-refractivity contribution in [1.29, 1.82) is 0 Å². The molecule has 1 spiro atoms. The zero-order valence-corrected chi connectivity index (χ0v) is 19.1. The molecule has 0 amide bonds. The van der Waals surface area contributed by atoms with E-state index in [2.05, 4.69) is 109 Å². The standard InChI is InChI=1S/C33H23NO/c1-4-14-24(15-5-1)32(25-16-6-2-7-17-25)31(34-26-18-8-3-9-19-26)35-33(32)29-22-12-10-20-27(29)28-21-11-13-23-30(28)33/h1-23H. The van der Waals surface area contributed by atoms with Crippen LogP contribution in [0.2, 0.25) is 0 Å². The van der Waals surface area contributed by atoms with E-state index in [-0.39, 0.29) is 0 Å². The summed E-state index contributed by atoms with van der Waals surface area (Å²) in [5.74, 6) is 0.715. The highest BCUT2D eigenvalue weighted by Gasteiger charge is 2.73. The molecule has 166 valence electrons. The maximum Gasteiger partial charge on any atom is 0.210 e. The van der Waals surface area contributed by atoms with Gasteiger partial charge in [0.15, 0.2) is 5.60 Å². The molecule has 2 nitrogen and oxygen atoms in total. The van der Waals surface area contributed by atoms with E-state index >= 15 is 0 Å². The summed E-state index contributed by atoms with van der Waals surface area (Å²) in [6.07, 6.45) is 0. The van der Waals surface area contributed by atoms with Crippen LogP contribution in [0, 0.1) is 0 Å². The molecule has 0 radical (unpaired) electrons. The fourth-order valence-corrected chi connectivity index (χ4v) is 6.03. The van der Waals surface area contributed by atoms with Gasteiger partial charge in [0.05, 0.1) is 5.69 Å². The van der Waals surface area contributed by atoms with Crippen molar-refractivity contribution in [2.75, 3.05) is 0 Å². The number of hydrogen-bond acceptors (Lipinski definition) is 2. The molecule has 0 N–H and O–H groups in total. The lowest BCUT2D eigenvalue weighted by Gasteiger charge is -2.58. The Kier molecular flexibility index (Phi) is 4.31. The van der Waals surface area contributed by atoms with Gasteiger partial charge in [0.25, 0.3) is 0 Å². The van der Waals surface area contributed by atoms with Crippen LogP contribution in [0.4, 0.5) is 5.69 Å². The number of nitrogens with zero attached hydrogens (tertiary/aromatic N) is 1. The molecule has 2 heteroatoms. The number of rotatable bonds is 3. The van der Waals surface area contributed by atoms with Crippen LogP contribution in [0.25, 0.3) is 11.1 Å². The van der Waals surface area contributed by atoms with Crippen LogP contribution < -0.4 is 0 Å². The molecular formula is C33H23NO. The molecule has 0 bridgehead atoms. The summed E-state index contributed by atoms with van der Waals surface area (Å²) in [5, 5.41) is 0. The number of fused-ring (bicyclic) bond motifs is 5. The van der Waals surface area contributed by atoms with Crippen LogP contribution in [0.3, 0.4) is 0 Å². The van der Waals surface area contributed by atoms with Crippen LogP contribution >= 0.6 is 0 Å². The maximum atomic E-state index is 7.02. The van der Waals surface area contributed by atoms with E-state index in [1.165, 1.54) is 33.4 Å². The normalized spacial score (nSPS) is 17.3. The Bertz CT molecular complexity index is 1470. The predicted molar refractivity (Wildman–Crippen MR) is 141 cm³/mol. The van der Waals surface area contributed by atoms with Crippen molar-refractivity contribution in [2.45, 2.75) is 11.0 Å². The van der Waals surface area contributed by atoms with E-state index < -0.39 is 11.0 Å². The molecule has 2 aliphatic rings. The second kappa shape index (κ2) is 7.54. The lowest BCUT2D eigenvalue weighted by atomic mass is 9.55. The molecule has 35 heavy (non-hydrogen) atoms. The van der Waals surface area contributed by atoms with Gasteiger partial charge in [0.1, 0.15) is 5.41 Å². The first-order chi connectivity index (χ1) is 17.4. The van der Waals surface area contributed by atoms with Gasteiger partial charge in [-0.25, -0.2) is 4.99 Å². The molecule has 1 heterocycles. The van der Waals surface area contributed by atoms with Gasteiger partial charge in [-0.05, 0) is 34.4 Å². The number of ether oxygens (including phenoxy) is 1.